The predicted molar refractivity (Wildman–Crippen MR) is 64.4 cm³/mol. The number of carboxylic acid groups (broad SMARTS) is 1. The summed E-state index contributed by atoms with van der Waals surface area (Å²) in [6.07, 6.45) is 3.37. The SMILES string of the molecule is CCC[C@@H](N)C(=O)N1CCC(CCC(=O)O)C1. The van der Waals surface area contributed by atoms with E-state index in [1.165, 1.54) is 0 Å². The van der Waals surface area contributed by atoms with Crippen LogP contribution in [0.25, 0.3) is 0 Å². The van der Waals surface area contributed by atoms with Crippen LogP contribution in [0.2, 0.25) is 0 Å². The Bertz CT molecular complexity index is 281. The van der Waals surface area contributed by atoms with Gasteiger partial charge in [-0.15, -0.1) is 0 Å². The first-order chi connectivity index (χ1) is 8.04. The minimum absolute atomic E-state index is 0.0182. The predicted octanol–water partition coefficient (Wildman–Crippen LogP) is 0.827. The van der Waals surface area contributed by atoms with Gasteiger partial charge in [0.2, 0.25) is 5.91 Å². The molecule has 1 saturated heterocycles. The molecule has 0 radical (unpaired) electrons. The lowest BCUT2D eigenvalue weighted by Gasteiger charge is -2.20. The number of nitrogens with two attached hydrogens (primary N) is 1. The van der Waals surface area contributed by atoms with Gasteiger partial charge in [0.15, 0.2) is 0 Å². The van der Waals surface area contributed by atoms with Gasteiger partial charge in [-0.1, -0.05) is 13.3 Å². The largest absolute Gasteiger partial charge is 0.481 e. The first-order valence-corrected chi connectivity index (χ1v) is 6.30. The van der Waals surface area contributed by atoms with Crippen molar-refractivity contribution in [2.75, 3.05) is 13.1 Å². The lowest BCUT2D eigenvalue weighted by atomic mass is 10.0. The number of carbonyl (C=O) groups is 2. The number of aliphatic carboxylic acids is 1. The van der Waals surface area contributed by atoms with Crippen LogP contribution < -0.4 is 5.73 Å². The van der Waals surface area contributed by atoms with Crippen molar-refractivity contribution >= 4 is 11.9 Å². The molecule has 1 amide bonds. The average molecular weight is 242 g/mol. The summed E-state index contributed by atoms with van der Waals surface area (Å²) >= 11 is 0. The van der Waals surface area contributed by atoms with Gasteiger partial charge in [-0.05, 0) is 25.2 Å². The third-order valence-electron chi connectivity index (χ3n) is 3.28. The van der Waals surface area contributed by atoms with Crippen LogP contribution in [0.4, 0.5) is 0 Å². The molecule has 0 aromatic rings. The zero-order valence-electron chi connectivity index (χ0n) is 10.4. The highest BCUT2D eigenvalue weighted by Gasteiger charge is 2.28. The molecule has 1 unspecified atom stereocenters. The maximum absolute atomic E-state index is 11.9. The molecular formula is C12H22N2O3. The Balaban J connectivity index is 2.34. The van der Waals surface area contributed by atoms with E-state index in [0.717, 1.165) is 25.8 Å². The van der Waals surface area contributed by atoms with E-state index in [-0.39, 0.29) is 12.3 Å². The second kappa shape index (κ2) is 6.59. The van der Waals surface area contributed by atoms with Crippen molar-refractivity contribution in [2.45, 2.75) is 45.1 Å². The maximum atomic E-state index is 11.9. The van der Waals surface area contributed by atoms with E-state index < -0.39 is 12.0 Å². The average Bonchev–Trinajstić information content (AvgIpc) is 2.74. The van der Waals surface area contributed by atoms with Crippen molar-refractivity contribution in [1.82, 2.24) is 4.90 Å². The summed E-state index contributed by atoms with van der Waals surface area (Å²) in [4.78, 5) is 24.2. The number of hydrogen-bond donors (Lipinski definition) is 2. The summed E-state index contributed by atoms with van der Waals surface area (Å²) in [5.74, 6) is -0.425. The Morgan fingerprint density at radius 1 is 1.53 bits per heavy atom. The van der Waals surface area contributed by atoms with Crippen LogP contribution >= 0.6 is 0 Å². The van der Waals surface area contributed by atoms with E-state index in [0.29, 0.717) is 18.9 Å². The number of carboxylic acids is 1. The quantitative estimate of drug-likeness (QED) is 0.722. The number of rotatable bonds is 6. The zero-order valence-corrected chi connectivity index (χ0v) is 10.4. The van der Waals surface area contributed by atoms with E-state index in [1.807, 2.05) is 6.92 Å². The van der Waals surface area contributed by atoms with Gasteiger partial charge >= 0.3 is 5.97 Å². The Hall–Kier alpha value is -1.10. The lowest BCUT2D eigenvalue weighted by Crippen LogP contribution is -2.42. The van der Waals surface area contributed by atoms with Crippen molar-refractivity contribution in [1.29, 1.82) is 0 Å². The summed E-state index contributed by atoms with van der Waals surface area (Å²) < 4.78 is 0. The fourth-order valence-corrected chi connectivity index (χ4v) is 2.27. The smallest absolute Gasteiger partial charge is 0.303 e. The van der Waals surface area contributed by atoms with Crippen molar-refractivity contribution in [3.63, 3.8) is 0 Å². The fraction of sp³-hybridized carbons (Fsp3) is 0.833. The molecule has 0 aromatic heterocycles. The van der Waals surface area contributed by atoms with Crippen LogP contribution in [-0.2, 0) is 9.59 Å². The van der Waals surface area contributed by atoms with E-state index >= 15 is 0 Å². The third-order valence-corrected chi connectivity index (χ3v) is 3.28. The van der Waals surface area contributed by atoms with Crippen molar-refractivity contribution < 1.29 is 14.7 Å². The molecule has 98 valence electrons. The van der Waals surface area contributed by atoms with Gasteiger partial charge in [0.1, 0.15) is 0 Å². The zero-order chi connectivity index (χ0) is 12.8. The molecule has 0 aliphatic carbocycles. The summed E-state index contributed by atoms with van der Waals surface area (Å²) in [7, 11) is 0. The van der Waals surface area contributed by atoms with Gasteiger partial charge in [0, 0.05) is 19.5 Å². The second-order valence-electron chi connectivity index (χ2n) is 4.77. The highest BCUT2D eigenvalue weighted by atomic mass is 16.4. The highest BCUT2D eigenvalue weighted by molar-refractivity contribution is 5.81. The standard InChI is InChI=1S/C12H22N2O3/c1-2-3-10(13)12(17)14-7-6-9(8-14)4-5-11(15)16/h9-10H,2-8,13H2,1H3,(H,15,16)/t9?,10-/m1/s1. The van der Waals surface area contributed by atoms with E-state index in [1.54, 1.807) is 4.90 Å². The van der Waals surface area contributed by atoms with Crippen LogP contribution in [0, 0.1) is 5.92 Å². The molecular weight excluding hydrogens is 220 g/mol. The number of amides is 1. The molecule has 1 rings (SSSR count). The molecule has 1 aliphatic heterocycles. The molecule has 0 spiro atoms. The first-order valence-electron chi connectivity index (χ1n) is 6.30. The normalized spacial score (nSPS) is 21.5. The molecule has 1 heterocycles. The van der Waals surface area contributed by atoms with Gasteiger partial charge in [0.25, 0.3) is 0 Å². The fourth-order valence-electron chi connectivity index (χ4n) is 2.27. The number of likely N-dealkylation sites (tertiary alicyclic amines) is 1. The van der Waals surface area contributed by atoms with Crippen LogP contribution in [-0.4, -0.2) is 41.0 Å². The Morgan fingerprint density at radius 2 is 2.24 bits per heavy atom. The van der Waals surface area contributed by atoms with Crippen LogP contribution in [0.15, 0.2) is 0 Å². The Kier molecular flexibility index (Phi) is 5.41. The van der Waals surface area contributed by atoms with Crippen LogP contribution in [0.5, 0.6) is 0 Å². The lowest BCUT2D eigenvalue weighted by molar-refractivity contribution is -0.137. The van der Waals surface area contributed by atoms with Gasteiger partial charge in [-0.2, -0.15) is 0 Å². The molecule has 3 N–H and O–H groups in total. The van der Waals surface area contributed by atoms with Gasteiger partial charge in [0.05, 0.1) is 6.04 Å². The maximum Gasteiger partial charge on any atom is 0.303 e. The minimum Gasteiger partial charge on any atom is -0.481 e. The monoisotopic (exact) mass is 242 g/mol. The van der Waals surface area contributed by atoms with Gasteiger partial charge in [-0.25, -0.2) is 0 Å². The van der Waals surface area contributed by atoms with Gasteiger partial charge < -0.3 is 15.7 Å². The highest BCUT2D eigenvalue weighted by Crippen LogP contribution is 2.21. The third kappa shape index (κ3) is 4.34. The molecule has 5 heteroatoms. The minimum atomic E-state index is -0.766. The number of carbonyl (C=O) groups excluding carboxylic acids is 1. The number of nitrogens with zero attached hydrogens (tertiary/aromatic N) is 1. The molecule has 0 aromatic carbocycles. The second-order valence-corrected chi connectivity index (χ2v) is 4.77. The summed E-state index contributed by atoms with van der Waals surface area (Å²) in [5.41, 5.74) is 5.79. The molecule has 1 fully saturated rings. The Morgan fingerprint density at radius 3 is 2.82 bits per heavy atom. The van der Waals surface area contributed by atoms with E-state index in [4.69, 9.17) is 10.8 Å². The number of hydrogen-bond acceptors (Lipinski definition) is 3. The van der Waals surface area contributed by atoms with Crippen LogP contribution in [0.3, 0.4) is 0 Å². The molecule has 5 nitrogen and oxygen atoms in total. The van der Waals surface area contributed by atoms with E-state index in [2.05, 4.69) is 0 Å². The van der Waals surface area contributed by atoms with Crippen LogP contribution in [0.1, 0.15) is 39.0 Å². The molecule has 0 saturated carbocycles. The first kappa shape index (κ1) is 14.0. The molecule has 2 atom stereocenters. The van der Waals surface area contributed by atoms with Crippen molar-refractivity contribution in [3.8, 4) is 0 Å². The van der Waals surface area contributed by atoms with E-state index in [9.17, 15) is 9.59 Å². The Labute approximate surface area is 102 Å². The molecule has 1 aliphatic rings. The summed E-state index contributed by atoms with van der Waals surface area (Å²) in [6, 6.07) is -0.391. The topological polar surface area (TPSA) is 83.6 Å². The summed E-state index contributed by atoms with van der Waals surface area (Å²) in [6.45, 7) is 3.40. The molecule has 17 heavy (non-hydrogen) atoms. The molecule has 0 bridgehead atoms. The van der Waals surface area contributed by atoms with Crippen molar-refractivity contribution in [3.05, 3.63) is 0 Å². The van der Waals surface area contributed by atoms with Crippen molar-refractivity contribution in [2.24, 2.45) is 11.7 Å². The van der Waals surface area contributed by atoms with Gasteiger partial charge in [-0.3, -0.25) is 9.59 Å². The summed E-state index contributed by atoms with van der Waals surface area (Å²) in [5, 5.41) is 8.61.